The lowest BCUT2D eigenvalue weighted by Gasteiger charge is -2.06. The largest absolute Gasteiger partial charge is 0.463 e. The van der Waals surface area contributed by atoms with E-state index in [9.17, 15) is 23.6 Å². The number of esters is 1. The molecule has 2 N–H and O–H groups in total. The fourth-order valence-corrected chi connectivity index (χ4v) is 4.04. The Hall–Kier alpha value is -4.05. The third kappa shape index (κ3) is 6.72. The smallest absolute Gasteiger partial charge is 0.333 e. The molecule has 1 aromatic heterocycles. The molecule has 3 aromatic rings. The first-order valence-corrected chi connectivity index (χ1v) is 11.1. The van der Waals surface area contributed by atoms with Gasteiger partial charge in [-0.3, -0.25) is 19.0 Å². The van der Waals surface area contributed by atoms with Gasteiger partial charge in [0.05, 0.1) is 17.2 Å². The first-order valence-electron chi connectivity index (χ1n) is 10.3. The van der Waals surface area contributed by atoms with Crippen LogP contribution in [0.2, 0.25) is 0 Å². The Morgan fingerprint density at radius 1 is 1.09 bits per heavy atom. The van der Waals surface area contributed by atoms with Crippen molar-refractivity contribution in [1.29, 1.82) is 0 Å². The number of hydrogen-bond acceptors (Lipinski definition) is 6. The van der Waals surface area contributed by atoms with Gasteiger partial charge in [0.2, 0.25) is 11.8 Å². The lowest BCUT2D eigenvalue weighted by molar-refractivity contribution is -0.135. The van der Waals surface area contributed by atoms with Crippen molar-refractivity contribution in [2.45, 2.75) is 20.4 Å². The summed E-state index contributed by atoms with van der Waals surface area (Å²) in [6, 6.07) is 12.2. The Bertz CT molecular complexity index is 1390. The average Bonchev–Trinajstić information content (AvgIpc) is 3.03. The summed E-state index contributed by atoms with van der Waals surface area (Å²) in [5.41, 5.74) is 1.07. The summed E-state index contributed by atoms with van der Waals surface area (Å²) in [5.74, 6) is -1.92. The van der Waals surface area contributed by atoms with Crippen LogP contribution in [0.15, 0.2) is 53.3 Å². The van der Waals surface area contributed by atoms with Crippen LogP contribution in [0.3, 0.4) is 0 Å². The quantitative estimate of drug-likeness (QED) is 0.499. The maximum atomic E-state index is 13.4. The highest BCUT2D eigenvalue weighted by atomic mass is 32.1. The number of nitrogens with zero attached hydrogens (tertiary/aromatic N) is 1. The van der Waals surface area contributed by atoms with E-state index < -0.39 is 23.3 Å². The van der Waals surface area contributed by atoms with Crippen LogP contribution in [0.4, 0.5) is 15.8 Å². The Balaban J connectivity index is 1.96. The highest BCUT2D eigenvalue weighted by molar-refractivity contribution is 7.07. The number of rotatable bonds is 7. The predicted octanol–water partition coefficient (Wildman–Crippen LogP) is 1.82. The number of halogens is 1. The minimum Gasteiger partial charge on any atom is -0.463 e. The van der Waals surface area contributed by atoms with Gasteiger partial charge in [-0.25, -0.2) is 9.18 Å². The number of hydrogen-bond donors (Lipinski definition) is 2. The molecule has 34 heavy (non-hydrogen) atoms. The molecule has 176 valence electrons. The number of anilines is 2. The molecular formula is C24H22FN3O5S. The summed E-state index contributed by atoms with van der Waals surface area (Å²) in [5, 5.41) is 5.19. The highest BCUT2D eigenvalue weighted by Gasteiger charge is 2.12. The molecule has 0 aliphatic rings. The van der Waals surface area contributed by atoms with Crippen LogP contribution < -0.4 is 25.4 Å². The zero-order valence-corrected chi connectivity index (χ0v) is 19.3. The van der Waals surface area contributed by atoms with Crippen LogP contribution in [-0.2, 0) is 25.7 Å². The van der Waals surface area contributed by atoms with Gasteiger partial charge in [-0.2, -0.15) is 0 Å². The molecule has 1 heterocycles. The average molecular weight is 484 g/mol. The third-order valence-electron chi connectivity index (χ3n) is 4.40. The summed E-state index contributed by atoms with van der Waals surface area (Å²) in [6.07, 6.45) is 2.77. The predicted molar refractivity (Wildman–Crippen MR) is 128 cm³/mol. The first-order chi connectivity index (χ1) is 16.2. The number of thiazole rings is 1. The third-order valence-corrected chi connectivity index (χ3v) is 5.46. The number of amides is 2. The van der Waals surface area contributed by atoms with Crippen molar-refractivity contribution in [3.63, 3.8) is 0 Å². The van der Waals surface area contributed by atoms with Crippen molar-refractivity contribution in [3.8, 4) is 0 Å². The van der Waals surface area contributed by atoms with Gasteiger partial charge >= 0.3 is 5.97 Å². The fourth-order valence-electron chi connectivity index (χ4n) is 3.01. The van der Waals surface area contributed by atoms with E-state index in [0.717, 1.165) is 28.0 Å². The summed E-state index contributed by atoms with van der Waals surface area (Å²) in [6.45, 7) is 2.83. The number of benzene rings is 2. The maximum Gasteiger partial charge on any atom is 0.333 e. The van der Waals surface area contributed by atoms with Crippen molar-refractivity contribution in [1.82, 2.24) is 4.57 Å². The van der Waals surface area contributed by atoms with Gasteiger partial charge < -0.3 is 15.4 Å². The second kappa shape index (κ2) is 11.2. The molecule has 2 aromatic carbocycles. The van der Waals surface area contributed by atoms with E-state index in [4.69, 9.17) is 4.74 Å². The second-order valence-corrected chi connectivity index (χ2v) is 8.16. The van der Waals surface area contributed by atoms with E-state index in [0.29, 0.717) is 15.8 Å². The van der Waals surface area contributed by atoms with Gasteiger partial charge in [-0.1, -0.05) is 18.2 Å². The Labute approximate surface area is 198 Å². The summed E-state index contributed by atoms with van der Waals surface area (Å²) < 4.78 is 20.0. The monoisotopic (exact) mass is 483 g/mol. The van der Waals surface area contributed by atoms with Gasteiger partial charge in [-0.05, 0) is 48.9 Å². The lowest BCUT2D eigenvalue weighted by atomic mass is 10.2. The van der Waals surface area contributed by atoms with Crippen molar-refractivity contribution < 1.29 is 23.5 Å². The molecule has 10 heteroatoms. The molecule has 0 aliphatic carbocycles. The number of carbonyl (C=O) groups excluding carboxylic acids is 3. The number of nitrogens with one attached hydrogen (secondary N) is 2. The van der Waals surface area contributed by atoms with Crippen LogP contribution >= 0.6 is 11.3 Å². The topological polar surface area (TPSA) is 106 Å². The molecule has 2 amide bonds. The minimum absolute atomic E-state index is 0.157. The molecule has 0 saturated heterocycles. The SMILES string of the molecule is CCOC(=O)/C=c1\s/c(=C\c2ccc(NC(C)=O)cc2)c(=O)n1CC(=O)Nc1cccc(F)c1. The molecule has 0 unspecified atom stereocenters. The molecule has 0 saturated carbocycles. The molecule has 8 nitrogen and oxygen atoms in total. The van der Waals surface area contributed by atoms with Crippen molar-refractivity contribution in [2.24, 2.45) is 0 Å². The van der Waals surface area contributed by atoms with E-state index in [1.165, 1.54) is 25.1 Å². The molecule has 0 spiro atoms. The van der Waals surface area contributed by atoms with Gasteiger partial charge in [0.1, 0.15) is 17.0 Å². The van der Waals surface area contributed by atoms with Crippen molar-refractivity contribution >= 4 is 52.6 Å². The standard InChI is InChI=1S/C24H22FN3O5S/c1-3-33-23(31)13-22-28(14-21(30)27-19-6-4-5-17(25)12-19)24(32)20(34-22)11-16-7-9-18(10-8-16)26-15(2)29/h4-13H,3,14H2,1-2H3,(H,26,29)(H,27,30)/b20-11-,22-13-. The van der Waals surface area contributed by atoms with E-state index >= 15 is 0 Å². The van der Waals surface area contributed by atoms with Gasteiger partial charge in [0, 0.05) is 18.3 Å². The first kappa shape index (κ1) is 24.6. The maximum absolute atomic E-state index is 13.4. The van der Waals surface area contributed by atoms with Crippen molar-refractivity contribution in [3.05, 3.63) is 79.5 Å². The van der Waals surface area contributed by atoms with E-state index in [-0.39, 0.29) is 29.4 Å². The number of ether oxygens (including phenoxy) is 1. The van der Waals surface area contributed by atoms with Crippen molar-refractivity contribution in [2.75, 3.05) is 17.2 Å². The minimum atomic E-state index is -0.644. The number of aromatic nitrogens is 1. The van der Waals surface area contributed by atoms with E-state index in [1.807, 2.05) is 0 Å². The zero-order chi connectivity index (χ0) is 24.7. The van der Waals surface area contributed by atoms with Gasteiger partial charge in [0.25, 0.3) is 5.56 Å². The zero-order valence-electron chi connectivity index (χ0n) is 18.5. The summed E-state index contributed by atoms with van der Waals surface area (Å²) in [4.78, 5) is 48.8. The van der Waals surface area contributed by atoms with Gasteiger partial charge in [0.15, 0.2) is 0 Å². The molecule has 0 aliphatic heterocycles. The van der Waals surface area contributed by atoms with Gasteiger partial charge in [-0.15, -0.1) is 11.3 Å². The van der Waals surface area contributed by atoms with Crippen LogP contribution in [0.5, 0.6) is 0 Å². The summed E-state index contributed by atoms with van der Waals surface area (Å²) in [7, 11) is 0. The summed E-state index contributed by atoms with van der Waals surface area (Å²) >= 11 is 1.03. The van der Waals surface area contributed by atoms with Crippen LogP contribution in [0.25, 0.3) is 12.2 Å². The molecule has 0 bridgehead atoms. The highest BCUT2D eigenvalue weighted by Crippen LogP contribution is 2.10. The molecule has 0 fully saturated rings. The normalized spacial score (nSPS) is 11.9. The molecule has 0 radical (unpaired) electrons. The fraction of sp³-hybridized carbons (Fsp3) is 0.167. The Morgan fingerprint density at radius 2 is 1.82 bits per heavy atom. The van der Waals surface area contributed by atoms with E-state index in [1.54, 1.807) is 37.3 Å². The molecule has 0 atom stereocenters. The lowest BCUT2D eigenvalue weighted by Crippen LogP contribution is -2.36. The Morgan fingerprint density at radius 3 is 2.47 bits per heavy atom. The number of carbonyl (C=O) groups is 3. The molecular weight excluding hydrogens is 461 g/mol. The van der Waals surface area contributed by atoms with E-state index in [2.05, 4.69) is 10.6 Å². The van der Waals surface area contributed by atoms with Crippen LogP contribution in [0.1, 0.15) is 19.4 Å². The second-order valence-electron chi connectivity index (χ2n) is 7.10. The molecule has 3 rings (SSSR count). The van der Waals surface area contributed by atoms with Crippen LogP contribution in [0, 0.1) is 5.82 Å². The van der Waals surface area contributed by atoms with Crippen LogP contribution in [-0.4, -0.2) is 29.0 Å². The Kier molecular flexibility index (Phi) is 8.10.